The molecular weight excluding hydrogens is 285 g/mol. The summed E-state index contributed by atoms with van der Waals surface area (Å²) in [5.41, 5.74) is 6.53. The van der Waals surface area contributed by atoms with Gasteiger partial charge in [0.15, 0.2) is 11.5 Å². The molecule has 0 fully saturated rings. The van der Waals surface area contributed by atoms with Crippen LogP contribution in [0, 0.1) is 0 Å². The van der Waals surface area contributed by atoms with E-state index in [9.17, 15) is 0 Å². The normalized spacial score (nSPS) is 14.6. The van der Waals surface area contributed by atoms with Gasteiger partial charge in [0.2, 0.25) is 6.79 Å². The standard InChI is InChI=1S/C9H10BrNO3.ClH/c10-6-2-9-8(13-4-14-9)1-5(6)7(11)3-12;/h1-2,7,12H,3-4,11H2;1H/t7-;/m0./s1. The van der Waals surface area contributed by atoms with Crippen molar-refractivity contribution >= 4 is 28.3 Å². The average Bonchev–Trinajstić information content (AvgIpc) is 2.62. The zero-order chi connectivity index (χ0) is 10.1. The van der Waals surface area contributed by atoms with Crippen LogP contribution < -0.4 is 15.2 Å². The zero-order valence-electron chi connectivity index (χ0n) is 7.77. The van der Waals surface area contributed by atoms with Gasteiger partial charge in [0.05, 0.1) is 12.6 Å². The van der Waals surface area contributed by atoms with E-state index in [0.717, 1.165) is 10.0 Å². The molecular formula is C9H11BrClNO3. The molecule has 0 spiro atoms. The highest BCUT2D eigenvalue weighted by molar-refractivity contribution is 9.10. The highest BCUT2D eigenvalue weighted by atomic mass is 79.9. The molecule has 0 radical (unpaired) electrons. The number of benzene rings is 1. The van der Waals surface area contributed by atoms with Crippen LogP contribution in [0.2, 0.25) is 0 Å². The third-order valence-electron chi connectivity index (χ3n) is 2.09. The van der Waals surface area contributed by atoms with E-state index >= 15 is 0 Å². The predicted octanol–water partition coefficient (Wildman–Crippen LogP) is 1.59. The molecule has 0 aromatic heterocycles. The summed E-state index contributed by atoms with van der Waals surface area (Å²) < 4.78 is 11.2. The average molecular weight is 297 g/mol. The van der Waals surface area contributed by atoms with Gasteiger partial charge in [-0.1, -0.05) is 15.9 Å². The van der Waals surface area contributed by atoms with Crippen LogP contribution in [0.25, 0.3) is 0 Å². The van der Waals surface area contributed by atoms with Gasteiger partial charge in [-0.15, -0.1) is 12.4 Å². The summed E-state index contributed by atoms with van der Waals surface area (Å²) in [5, 5.41) is 8.94. The third-order valence-corrected chi connectivity index (χ3v) is 2.77. The van der Waals surface area contributed by atoms with E-state index in [1.54, 1.807) is 12.1 Å². The Hall–Kier alpha value is -0.490. The molecule has 84 valence electrons. The first-order valence-electron chi connectivity index (χ1n) is 4.18. The van der Waals surface area contributed by atoms with Crippen molar-refractivity contribution in [2.24, 2.45) is 5.73 Å². The molecule has 0 bridgehead atoms. The summed E-state index contributed by atoms with van der Waals surface area (Å²) in [5.74, 6) is 1.37. The summed E-state index contributed by atoms with van der Waals surface area (Å²) in [7, 11) is 0. The lowest BCUT2D eigenvalue weighted by molar-refractivity contribution is 0.174. The van der Waals surface area contributed by atoms with Crippen LogP contribution in [0.15, 0.2) is 16.6 Å². The zero-order valence-corrected chi connectivity index (χ0v) is 10.2. The molecule has 0 aliphatic carbocycles. The van der Waals surface area contributed by atoms with Crippen LogP contribution in [0.1, 0.15) is 11.6 Å². The van der Waals surface area contributed by atoms with Gasteiger partial charge >= 0.3 is 0 Å². The third kappa shape index (κ3) is 2.36. The molecule has 1 atom stereocenters. The van der Waals surface area contributed by atoms with Gasteiger partial charge in [-0.05, 0) is 17.7 Å². The minimum absolute atomic E-state index is 0. The smallest absolute Gasteiger partial charge is 0.231 e. The van der Waals surface area contributed by atoms with Gasteiger partial charge in [-0.25, -0.2) is 0 Å². The monoisotopic (exact) mass is 295 g/mol. The first-order valence-corrected chi connectivity index (χ1v) is 4.97. The van der Waals surface area contributed by atoms with E-state index in [2.05, 4.69) is 15.9 Å². The van der Waals surface area contributed by atoms with Crippen molar-refractivity contribution < 1.29 is 14.6 Å². The predicted molar refractivity (Wildman–Crippen MR) is 61.5 cm³/mol. The Morgan fingerprint density at radius 1 is 1.40 bits per heavy atom. The number of ether oxygens (including phenoxy) is 2. The first-order chi connectivity index (χ1) is 6.72. The van der Waals surface area contributed by atoms with Crippen molar-refractivity contribution in [3.8, 4) is 11.5 Å². The van der Waals surface area contributed by atoms with E-state index in [1.165, 1.54) is 0 Å². The molecule has 2 rings (SSSR count). The maximum absolute atomic E-state index is 8.94. The molecule has 1 heterocycles. The molecule has 15 heavy (non-hydrogen) atoms. The number of fused-ring (bicyclic) bond motifs is 1. The highest BCUT2D eigenvalue weighted by Crippen LogP contribution is 2.38. The van der Waals surface area contributed by atoms with E-state index < -0.39 is 6.04 Å². The first kappa shape index (κ1) is 12.6. The van der Waals surface area contributed by atoms with Crippen molar-refractivity contribution in [2.75, 3.05) is 13.4 Å². The second kappa shape index (κ2) is 5.03. The summed E-state index contributed by atoms with van der Waals surface area (Å²) in [6.07, 6.45) is 0. The number of aliphatic hydroxyl groups excluding tert-OH is 1. The molecule has 1 aliphatic heterocycles. The Balaban J connectivity index is 0.00000112. The maximum atomic E-state index is 8.94. The molecule has 1 aromatic carbocycles. The van der Waals surface area contributed by atoms with Gasteiger partial charge in [-0.3, -0.25) is 0 Å². The summed E-state index contributed by atoms with van der Waals surface area (Å²) in [6, 6.07) is 3.18. The van der Waals surface area contributed by atoms with Gasteiger partial charge in [0, 0.05) is 4.47 Å². The fourth-order valence-corrected chi connectivity index (χ4v) is 1.93. The van der Waals surface area contributed by atoms with Crippen LogP contribution in [-0.4, -0.2) is 18.5 Å². The lowest BCUT2D eigenvalue weighted by Gasteiger charge is -2.11. The van der Waals surface area contributed by atoms with Crippen LogP contribution in [0.3, 0.4) is 0 Å². The molecule has 0 saturated carbocycles. The number of nitrogens with two attached hydrogens (primary N) is 1. The Morgan fingerprint density at radius 3 is 2.60 bits per heavy atom. The van der Waals surface area contributed by atoms with E-state index in [-0.39, 0.29) is 25.8 Å². The van der Waals surface area contributed by atoms with Crippen molar-refractivity contribution in [2.45, 2.75) is 6.04 Å². The van der Waals surface area contributed by atoms with Gasteiger partial charge < -0.3 is 20.3 Å². The van der Waals surface area contributed by atoms with Gasteiger partial charge in [-0.2, -0.15) is 0 Å². The van der Waals surface area contributed by atoms with Crippen LogP contribution in [0.4, 0.5) is 0 Å². The highest BCUT2D eigenvalue weighted by Gasteiger charge is 2.18. The van der Waals surface area contributed by atoms with Gasteiger partial charge in [0.1, 0.15) is 0 Å². The minimum atomic E-state index is -0.404. The number of aliphatic hydroxyl groups is 1. The van der Waals surface area contributed by atoms with E-state index in [1.807, 2.05) is 0 Å². The Kier molecular flexibility index (Phi) is 4.21. The largest absolute Gasteiger partial charge is 0.454 e. The second-order valence-electron chi connectivity index (χ2n) is 3.02. The number of halogens is 2. The summed E-state index contributed by atoms with van der Waals surface area (Å²) in [4.78, 5) is 0. The molecule has 6 heteroatoms. The maximum Gasteiger partial charge on any atom is 0.231 e. The molecule has 1 aliphatic rings. The summed E-state index contributed by atoms with van der Waals surface area (Å²) in [6.45, 7) is 0.137. The second-order valence-corrected chi connectivity index (χ2v) is 3.87. The quantitative estimate of drug-likeness (QED) is 0.870. The Bertz CT molecular complexity index is 361. The molecule has 1 aromatic rings. The molecule has 0 unspecified atom stereocenters. The van der Waals surface area contributed by atoms with Gasteiger partial charge in [0.25, 0.3) is 0 Å². The van der Waals surface area contributed by atoms with E-state index in [0.29, 0.717) is 11.5 Å². The summed E-state index contributed by atoms with van der Waals surface area (Å²) >= 11 is 3.36. The topological polar surface area (TPSA) is 64.7 Å². The van der Waals surface area contributed by atoms with Crippen molar-refractivity contribution in [1.82, 2.24) is 0 Å². The lowest BCUT2D eigenvalue weighted by Crippen LogP contribution is -2.14. The van der Waals surface area contributed by atoms with Crippen LogP contribution in [-0.2, 0) is 0 Å². The molecule has 0 saturated heterocycles. The SMILES string of the molecule is Cl.N[C@@H](CO)c1cc2c(cc1Br)OCO2. The molecule has 0 amide bonds. The fourth-order valence-electron chi connectivity index (χ4n) is 1.32. The van der Waals surface area contributed by atoms with Crippen molar-refractivity contribution in [3.05, 3.63) is 22.2 Å². The number of hydrogen-bond donors (Lipinski definition) is 2. The minimum Gasteiger partial charge on any atom is -0.454 e. The van der Waals surface area contributed by atoms with Crippen molar-refractivity contribution in [3.63, 3.8) is 0 Å². The fraction of sp³-hybridized carbons (Fsp3) is 0.333. The number of rotatable bonds is 2. The molecule has 3 N–H and O–H groups in total. The molecule has 4 nitrogen and oxygen atoms in total. The Labute approximate surface area is 102 Å². The van der Waals surface area contributed by atoms with Crippen LogP contribution >= 0.6 is 28.3 Å². The number of hydrogen-bond acceptors (Lipinski definition) is 4. The van der Waals surface area contributed by atoms with E-state index in [4.69, 9.17) is 20.3 Å². The Morgan fingerprint density at radius 2 is 2.00 bits per heavy atom. The van der Waals surface area contributed by atoms with Crippen LogP contribution in [0.5, 0.6) is 11.5 Å². The lowest BCUT2D eigenvalue weighted by atomic mass is 10.1. The van der Waals surface area contributed by atoms with Crippen molar-refractivity contribution in [1.29, 1.82) is 0 Å².